The quantitative estimate of drug-likeness (QED) is 0.419. The minimum atomic E-state index is -2.18. The van der Waals surface area contributed by atoms with Crippen molar-refractivity contribution in [1.82, 2.24) is 14.9 Å². The summed E-state index contributed by atoms with van der Waals surface area (Å²) in [6.07, 6.45) is 1.92. The number of carbonyl (C=O) groups is 1. The number of rotatable bonds is 7. The van der Waals surface area contributed by atoms with E-state index in [0.29, 0.717) is 10.9 Å². The maximum Gasteiger partial charge on any atom is 0.312 e. The predicted molar refractivity (Wildman–Crippen MR) is 128 cm³/mol. The van der Waals surface area contributed by atoms with Gasteiger partial charge in [0.1, 0.15) is 17.5 Å². The minimum Gasteiger partial charge on any atom is -0.469 e. The number of aromatic nitrogens is 2. The number of methoxy groups -OCH3 is 1. The number of benzene rings is 1. The third-order valence-electron chi connectivity index (χ3n) is 5.98. The highest BCUT2D eigenvalue weighted by molar-refractivity contribution is 7.13. The van der Waals surface area contributed by atoms with Crippen molar-refractivity contribution in [3.8, 4) is 0 Å². The van der Waals surface area contributed by atoms with Crippen LogP contribution >= 0.6 is 22.9 Å². The molecular weight excluding hydrogens is 482 g/mol. The number of carbonyl (C=O) groups excluding carboxylic acids is 1. The van der Waals surface area contributed by atoms with Crippen LogP contribution in [0, 0.1) is 17.0 Å². The van der Waals surface area contributed by atoms with E-state index in [9.17, 15) is 13.6 Å². The van der Waals surface area contributed by atoms with E-state index < -0.39 is 35.6 Å². The number of hydrogen-bond acceptors (Lipinski definition) is 7. The Morgan fingerprint density at radius 1 is 1.41 bits per heavy atom. The van der Waals surface area contributed by atoms with Crippen molar-refractivity contribution >= 4 is 39.9 Å². The van der Waals surface area contributed by atoms with Gasteiger partial charge in [0.25, 0.3) is 0 Å². The van der Waals surface area contributed by atoms with Crippen LogP contribution in [0.4, 0.5) is 19.7 Å². The summed E-state index contributed by atoms with van der Waals surface area (Å²) >= 11 is 7.26. The fourth-order valence-corrected chi connectivity index (χ4v) is 4.98. The second-order valence-electron chi connectivity index (χ2n) is 8.25. The van der Waals surface area contributed by atoms with Crippen molar-refractivity contribution in [3.05, 3.63) is 69.8 Å². The van der Waals surface area contributed by atoms with Crippen LogP contribution in [0.15, 0.2) is 41.9 Å². The van der Waals surface area contributed by atoms with Crippen molar-refractivity contribution in [2.75, 3.05) is 19.0 Å². The number of likely N-dealkylation sites (tertiary alicyclic amines) is 1. The molecule has 180 valence electrons. The summed E-state index contributed by atoms with van der Waals surface area (Å²) in [6.45, 7) is -0.326. The number of ether oxygens (including phenoxy) is 1. The Balaban J connectivity index is 1.61. The number of pyridine rings is 1. The van der Waals surface area contributed by atoms with E-state index in [1.807, 2.05) is 0 Å². The van der Waals surface area contributed by atoms with Crippen LogP contribution in [0.3, 0.4) is 0 Å². The summed E-state index contributed by atoms with van der Waals surface area (Å²) in [5.41, 5.74) is -1.23. The first-order valence-corrected chi connectivity index (χ1v) is 11.9. The van der Waals surface area contributed by atoms with Gasteiger partial charge < -0.3 is 10.1 Å². The van der Waals surface area contributed by atoms with Crippen LogP contribution in [-0.2, 0) is 22.4 Å². The van der Waals surface area contributed by atoms with Crippen LogP contribution in [0.2, 0.25) is 5.02 Å². The van der Waals surface area contributed by atoms with Crippen molar-refractivity contribution < 1.29 is 21.1 Å². The molecule has 3 heterocycles. The van der Waals surface area contributed by atoms with Crippen LogP contribution in [0.5, 0.6) is 0 Å². The summed E-state index contributed by atoms with van der Waals surface area (Å²) in [4.78, 5) is 23.0. The Bertz CT molecular complexity index is 1250. The van der Waals surface area contributed by atoms with Gasteiger partial charge in [-0.05, 0) is 44.5 Å². The van der Waals surface area contributed by atoms with Gasteiger partial charge in [0.05, 0.1) is 23.2 Å². The molecule has 1 aromatic carbocycles. The molecule has 1 fully saturated rings. The lowest BCUT2D eigenvalue weighted by Crippen LogP contribution is -2.50. The second-order valence-corrected chi connectivity index (χ2v) is 9.55. The maximum atomic E-state index is 14.8. The number of piperidine rings is 1. The molecule has 2 atom stereocenters. The van der Waals surface area contributed by atoms with E-state index >= 15 is 0 Å². The lowest BCUT2D eigenvalue weighted by atomic mass is 9.72. The zero-order valence-corrected chi connectivity index (χ0v) is 20.2. The van der Waals surface area contributed by atoms with Crippen molar-refractivity contribution in [2.24, 2.45) is 5.41 Å². The number of esters is 1. The fraction of sp³-hybridized carbons (Fsp3) is 0.375. The monoisotopic (exact) mass is 508 g/mol. The molecule has 1 aliphatic rings. The molecule has 3 aromatic rings. The third kappa shape index (κ3) is 5.21. The number of nitrogens with zero attached hydrogens (tertiary/aromatic N) is 3. The average Bonchev–Trinajstić information content (AvgIpc) is 3.35. The predicted octanol–water partition coefficient (Wildman–Crippen LogP) is 5.60. The first-order chi connectivity index (χ1) is 17.1. The SMILES string of the molecule is [2H]C([2H])(c1cccc(Cl)c1F)N1CCC(Cc2nc(Nc3nccs3)ccc2F)(C(=O)OC)CC1C. The van der Waals surface area contributed by atoms with Crippen molar-refractivity contribution in [2.45, 2.75) is 38.7 Å². The Kier molecular flexibility index (Phi) is 6.65. The summed E-state index contributed by atoms with van der Waals surface area (Å²) in [5.74, 6) is -1.52. The molecule has 1 aliphatic heterocycles. The molecule has 2 aromatic heterocycles. The van der Waals surface area contributed by atoms with E-state index in [1.165, 1.54) is 53.7 Å². The number of nitrogens with one attached hydrogen (secondary N) is 1. The largest absolute Gasteiger partial charge is 0.469 e. The van der Waals surface area contributed by atoms with Gasteiger partial charge >= 0.3 is 5.97 Å². The Morgan fingerprint density at radius 3 is 2.94 bits per heavy atom. The number of halogens is 3. The van der Waals surface area contributed by atoms with Crippen LogP contribution in [0.25, 0.3) is 0 Å². The molecule has 0 spiro atoms. The van der Waals surface area contributed by atoms with Gasteiger partial charge in [-0.1, -0.05) is 23.7 Å². The molecule has 0 amide bonds. The molecule has 2 unspecified atom stereocenters. The fourth-order valence-electron chi connectivity index (χ4n) is 4.27. The van der Waals surface area contributed by atoms with Crippen LogP contribution in [0.1, 0.15) is 33.8 Å². The summed E-state index contributed by atoms with van der Waals surface area (Å²) < 4.78 is 52.0. The van der Waals surface area contributed by atoms with Gasteiger partial charge in [-0.3, -0.25) is 9.69 Å². The van der Waals surface area contributed by atoms with E-state index in [0.717, 1.165) is 0 Å². The van der Waals surface area contributed by atoms with Gasteiger partial charge in [-0.2, -0.15) is 0 Å². The average molecular weight is 509 g/mol. The normalized spacial score (nSPS) is 22.1. The molecule has 0 saturated carbocycles. The van der Waals surface area contributed by atoms with Crippen LogP contribution < -0.4 is 5.32 Å². The molecule has 0 aliphatic carbocycles. The zero-order valence-electron chi connectivity index (χ0n) is 20.6. The standard InChI is InChI=1S/C24H25ClF2N4O2S/c1-15-12-24(22(32)33-2,8-10-31(15)14-16-4-3-5-17(25)21(16)27)13-19-18(26)6-7-20(29-19)30-23-28-9-11-34-23/h3-7,9,11,15H,8,10,12-14H2,1-2H3,(H,28,29,30)/i14D2. The Hall–Kier alpha value is -2.62. The first kappa shape index (κ1) is 21.9. The highest BCUT2D eigenvalue weighted by atomic mass is 35.5. The van der Waals surface area contributed by atoms with Gasteiger partial charge in [-0.15, -0.1) is 11.3 Å². The molecule has 4 rings (SSSR count). The molecule has 0 bridgehead atoms. The smallest absolute Gasteiger partial charge is 0.312 e. The van der Waals surface area contributed by atoms with Gasteiger partial charge in [0.15, 0.2) is 5.13 Å². The molecule has 0 radical (unpaired) electrons. The molecule has 6 nitrogen and oxygen atoms in total. The second kappa shape index (κ2) is 10.3. The van der Waals surface area contributed by atoms with Gasteiger partial charge in [-0.25, -0.2) is 18.7 Å². The molecule has 1 N–H and O–H groups in total. The first-order valence-electron chi connectivity index (χ1n) is 11.7. The highest BCUT2D eigenvalue weighted by Crippen LogP contribution is 2.40. The van der Waals surface area contributed by atoms with E-state index in [4.69, 9.17) is 19.1 Å². The Labute approximate surface area is 208 Å². The van der Waals surface area contributed by atoms with Crippen LogP contribution in [-0.4, -0.2) is 40.5 Å². The summed E-state index contributed by atoms with van der Waals surface area (Å²) in [7, 11) is 1.27. The maximum absolute atomic E-state index is 14.8. The molecule has 1 saturated heterocycles. The molecular formula is C24H25ClF2N4O2S. The van der Waals surface area contributed by atoms with E-state index in [1.54, 1.807) is 18.5 Å². The molecule has 10 heteroatoms. The van der Waals surface area contributed by atoms with Gasteiger partial charge in [0, 0.05) is 38.8 Å². The van der Waals surface area contributed by atoms with Crippen molar-refractivity contribution in [1.29, 1.82) is 0 Å². The zero-order chi connectivity index (χ0) is 26.1. The van der Waals surface area contributed by atoms with Gasteiger partial charge in [0.2, 0.25) is 0 Å². The third-order valence-corrected chi connectivity index (χ3v) is 6.96. The van der Waals surface area contributed by atoms with E-state index in [2.05, 4.69) is 15.3 Å². The topological polar surface area (TPSA) is 67.4 Å². The summed E-state index contributed by atoms with van der Waals surface area (Å²) in [5, 5.41) is 5.24. The number of thiazole rings is 1. The van der Waals surface area contributed by atoms with Crippen molar-refractivity contribution in [3.63, 3.8) is 0 Å². The summed E-state index contributed by atoms with van der Waals surface area (Å²) in [6, 6.07) is 6.47. The molecule has 34 heavy (non-hydrogen) atoms. The lowest BCUT2D eigenvalue weighted by Gasteiger charge is -2.44. The highest BCUT2D eigenvalue weighted by Gasteiger charge is 2.46. The lowest BCUT2D eigenvalue weighted by molar-refractivity contribution is -0.157. The minimum absolute atomic E-state index is 0.0361. The number of hydrogen-bond donors (Lipinski definition) is 1. The Morgan fingerprint density at radius 2 is 2.24 bits per heavy atom. The number of anilines is 2. The van der Waals surface area contributed by atoms with E-state index in [-0.39, 0.29) is 42.1 Å².